The maximum Gasteiger partial charge on any atom is 0.340 e. The molecule has 5 heteroatoms. The molecule has 1 heterocycles. The Bertz CT molecular complexity index is 1070. The lowest BCUT2D eigenvalue weighted by atomic mass is 10.2. The van der Waals surface area contributed by atoms with Crippen LogP contribution in [0.3, 0.4) is 0 Å². The average Bonchev–Trinajstić information content (AvgIpc) is 3.17. The summed E-state index contributed by atoms with van der Waals surface area (Å²) in [6.45, 7) is 0.521. The summed E-state index contributed by atoms with van der Waals surface area (Å²) >= 11 is 0. The Morgan fingerprint density at radius 2 is 1.74 bits per heavy atom. The fourth-order valence-electron chi connectivity index (χ4n) is 2.89. The predicted molar refractivity (Wildman–Crippen MR) is 104 cm³/mol. The Kier molecular flexibility index (Phi) is 4.58. The van der Waals surface area contributed by atoms with Gasteiger partial charge in [0.15, 0.2) is 0 Å². The van der Waals surface area contributed by atoms with Crippen LogP contribution in [0.5, 0.6) is 5.75 Å². The summed E-state index contributed by atoms with van der Waals surface area (Å²) in [7, 11) is 1.36. The SMILES string of the molecule is COC(=O)c1cccc2[nH]c(-c3ccc(OCc4ccccc4)cc3)nc12. The topological polar surface area (TPSA) is 64.2 Å². The third kappa shape index (κ3) is 3.53. The summed E-state index contributed by atoms with van der Waals surface area (Å²) in [6.07, 6.45) is 0. The summed E-state index contributed by atoms with van der Waals surface area (Å²) in [6, 6.07) is 23.1. The lowest BCUT2D eigenvalue weighted by molar-refractivity contribution is 0.0603. The number of esters is 1. The number of ether oxygens (including phenoxy) is 2. The van der Waals surface area contributed by atoms with Gasteiger partial charge in [0.25, 0.3) is 0 Å². The van der Waals surface area contributed by atoms with Crippen LogP contribution in [0, 0.1) is 0 Å². The van der Waals surface area contributed by atoms with Crippen molar-refractivity contribution in [2.45, 2.75) is 6.61 Å². The first-order chi connectivity index (χ1) is 13.2. The van der Waals surface area contributed by atoms with Gasteiger partial charge in [0, 0.05) is 5.56 Å². The van der Waals surface area contributed by atoms with Crippen molar-refractivity contribution in [1.82, 2.24) is 9.97 Å². The summed E-state index contributed by atoms with van der Waals surface area (Å²) in [5.41, 5.74) is 3.87. The third-order valence-corrected chi connectivity index (χ3v) is 4.29. The van der Waals surface area contributed by atoms with Gasteiger partial charge >= 0.3 is 5.97 Å². The van der Waals surface area contributed by atoms with Gasteiger partial charge in [0.1, 0.15) is 23.7 Å². The van der Waals surface area contributed by atoms with E-state index >= 15 is 0 Å². The van der Waals surface area contributed by atoms with Crippen LogP contribution in [0.1, 0.15) is 15.9 Å². The second-order valence-corrected chi connectivity index (χ2v) is 6.08. The normalized spacial score (nSPS) is 10.7. The number of benzene rings is 3. The Labute approximate surface area is 156 Å². The van der Waals surface area contributed by atoms with Crippen LogP contribution in [0.4, 0.5) is 0 Å². The highest BCUT2D eigenvalue weighted by Gasteiger charge is 2.14. The number of aromatic amines is 1. The molecule has 0 aliphatic rings. The standard InChI is InChI=1S/C22H18N2O3/c1-26-22(25)18-8-5-9-19-20(18)24-21(23-19)16-10-12-17(13-11-16)27-14-15-6-3-2-4-7-15/h2-13H,14H2,1H3,(H,23,24). The fraction of sp³-hybridized carbons (Fsp3) is 0.0909. The summed E-state index contributed by atoms with van der Waals surface area (Å²) in [5.74, 6) is 1.08. The second kappa shape index (κ2) is 7.33. The smallest absolute Gasteiger partial charge is 0.340 e. The van der Waals surface area contributed by atoms with Crippen molar-refractivity contribution >= 4 is 17.0 Å². The zero-order chi connectivity index (χ0) is 18.6. The number of nitrogens with zero attached hydrogens (tertiary/aromatic N) is 1. The minimum atomic E-state index is -0.400. The molecule has 4 aromatic rings. The number of hydrogen-bond donors (Lipinski definition) is 1. The number of rotatable bonds is 5. The van der Waals surface area contributed by atoms with Gasteiger partial charge in [-0.2, -0.15) is 0 Å². The molecule has 4 rings (SSSR count). The van der Waals surface area contributed by atoms with Crippen molar-refractivity contribution in [3.63, 3.8) is 0 Å². The van der Waals surface area contributed by atoms with Gasteiger partial charge in [0.2, 0.25) is 0 Å². The third-order valence-electron chi connectivity index (χ3n) is 4.29. The number of nitrogens with one attached hydrogen (secondary N) is 1. The molecular formula is C22H18N2O3. The molecule has 1 aromatic heterocycles. The highest BCUT2D eigenvalue weighted by atomic mass is 16.5. The van der Waals surface area contributed by atoms with Gasteiger partial charge in [-0.3, -0.25) is 0 Å². The Morgan fingerprint density at radius 1 is 0.963 bits per heavy atom. The number of imidazole rings is 1. The lowest BCUT2D eigenvalue weighted by Gasteiger charge is -2.06. The molecule has 0 fully saturated rings. The molecule has 0 unspecified atom stereocenters. The van der Waals surface area contributed by atoms with E-state index in [2.05, 4.69) is 9.97 Å². The van der Waals surface area contributed by atoms with Gasteiger partial charge < -0.3 is 14.5 Å². The van der Waals surface area contributed by atoms with Crippen molar-refractivity contribution < 1.29 is 14.3 Å². The number of H-pyrrole nitrogens is 1. The van der Waals surface area contributed by atoms with Crippen LogP contribution < -0.4 is 4.74 Å². The summed E-state index contributed by atoms with van der Waals surface area (Å²) in [4.78, 5) is 19.7. The van der Waals surface area contributed by atoms with Crippen LogP contribution in [-0.4, -0.2) is 23.0 Å². The van der Waals surface area contributed by atoms with Crippen LogP contribution in [0.15, 0.2) is 72.8 Å². The zero-order valence-corrected chi connectivity index (χ0v) is 14.8. The predicted octanol–water partition coefficient (Wildman–Crippen LogP) is 4.60. The van der Waals surface area contributed by atoms with Gasteiger partial charge in [-0.25, -0.2) is 9.78 Å². The van der Waals surface area contributed by atoms with Gasteiger partial charge in [0.05, 0.1) is 18.2 Å². The first-order valence-electron chi connectivity index (χ1n) is 8.59. The average molecular weight is 358 g/mol. The number of methoxy groups -OCH3 is 1. The van der Waals surface area contributed by atoms with Crippen molar-refractivity contribution in [2.75, 3.05) is 7.11 Å². The van der Waals surface area contributed by atoms with Crippen LogP contribution in [0.2, 0.25) is 0 Å². The number of carbonyl (C=O) groups is 1. The number of carbonyl (C=O) groups excluding carboxylic acids is 1. The van der Waals surface area contributed by atoms with Crippen molar-refractivity contribution in [1.29, 1.82) is 0 Å². The van der Waals surface area contributed by atoms with E-state index in [-0.39, 0.29) is 0 Å². The first-order valence-corrected chi connectivity index (χ1v) is 8.59. The molecule has 134 valence electrons. The lowest BCUT2D eigenvalue weighted by Crippen LogP contribution is -2.01. The Balaban J connectivity index is 1.56. The minimum Gasteiger partial charge on any atom is -0.489 e. The van der Waals surface area contributed by atoms with E-state index < -0.39 is 5.97 Å². The molecule has 0 bridgehead atoms. The highest BCUT2D eigenvalue weighted by Crippen LogP contribution is 2.25. The molecule has 1 N–H and O–H groups in total. The summed E-state index contributed by atoms with van der Waals surface area (Å²) in [5, 5.41) is 0. The van der Waals surface area contributed by atoms with Gasteiger partial charge in [-0.05, 0) is 42.0 Å². The molecule has 0 radical (unpaired) electrons. The minimum absolute atomic E-state index is 0.400. The van der Waals surface area contributed by atoms with E-state index in [0.29, 0.717) is 23.5 Å². The Morgan fingerprint density at radius 3 is 2.48 bits per heavy atom. The quantitative estimate of drug-likeness (QED) is 0.530. The van der Waals surface area contributed by atoms with Crippen LogP contribution >= 0.6 is 0 Å². The van der Waals surface area contributed by atoms with Crippen molar-refractivity contribution in [3.8, 4) is 17.1 Å². The van der Waals surface area contributed by atoms with E-state index in [4.69, 9.17) is 9.47 Å². The molecule has 0 aliphatic carbocycles. The molecule has 0 atom stereocenters. The van der Waals surface area contributed by atoms with E-state index in [1.807, 2.05) is 60.7 Å². The van der Waals surface area contributed by atoms with E-state index in [9.17, 15) is 4.79 Å². The highest BCUT2D eigenvalue weighted by molar-refractivity contribution is 6.02. The molecule has 27 heavy (non-hydrogen) atoms. The molecule has 0 saturated heterocycles. The van der Waals surface area contributed by atoms with Crippen molar-refractivity contribution in [2.24, 2.45) is 0 Å². The number of hydrogen-bond acceptors (Lipinski definition) is 4. The van der Waals surface area contributed by atoms with E-state index in [1.165, 1.54) is 7.11 Å². The number of para-hydroxylation sites is 1. The monoisotopic (exact) mass is 358 g/mol. The molecule has 0 amide bonds. The first kappa shape index (κ1) is 16.8. The number of fused-ring (bicyclic) bond motifs is 1. The van der Waals surface area contributed by atoms with Gasteiger partial charge in [-0.1, -0.05) is 36.4 Å². The molecule has 0 aliphatic heterocycles. The maximum atomic E-state index is 11.9. The van der Waals surface area contributed by atoms with E-state index in [1.54, 1.807) is 12.1 Å². The Hall–Kier alpha value is -3.60. The van der Waals surface area contributed by atoms with Crippen LogP contribution in [-0.2, 0) is 11.3 Å². The second-order valence-electron chi connectivity index (χ2n) is 6.08. The summed E-state index contributed by atoms with van der Waals surface area (Å²) < 4.78 is 10.6. The van der Waals surface area contributed by atoms with Crippen LogP contribution in [0.25, 0.3) is 22.4 Å². The zero-order valence-electron chi connectivity index (χ0n) is 14.8. The molecule has 0 spiro atoms. The molecule has 0 saturated carbocycles. The molecular weight excluding hydrogens is 340 g/mol. The molecule has 3 aromatic carbocycles. The van der Waals surface area contributed by atoms with Crippen molar-refractivity contribution in [3.05, 3.63) is 83.9 Å². The van der Waals surface area contributed by atoms with Gasteiger partial charge in [-0.15, -0.1) is 0 Å². The molecule has 5 nitrogen and oxygen atoms in total. The fourth-order valence-corrected chi connectivity index (χ4v) is 2.89. The largest absolute Gasteiger partial charge is 0.489 e. The number of aromatic nitrogens is 2. The maximum absolute atomic E-state index is 11.9. The van der Waals surface area contributed by atoms with E-state index in [0.717, 1.165) is 22.4 Å².